The minimum Gasteiger partial charge on any atom is -0.508 e. The van der Waals surface area contributed by atoms with Crippen LogP contribution in [0.15, 0.2) is 18.2 Å². The van der Waals surface area contributed by atoms with Crippen molar-refractivity contribution in [2.24, 2.45) is 5.92 Å². The molecule has 3 heteroatoms. The molecule has 1 unspecified atom stereocenters. The molecule has 2 rings (SSSR count). The summed E-state index contributed by atoms with van der Waals surface area (Å²) in [5.74, 6) is 1.26. The lowest BCUT2D eigenvalue weighted by atomic mass is 10.1. The lowest BCUT2D eigenvalue weighted by Gasteiger charge is -2.24. The lowest BCUT2D eigenvalue weighted by Crippen LogP contribution is -2.25. The quantitative estimate of drug-likeness (QED) is 0.812. The van der Waals surface area contributed by atoms with Crippen molar-refractivity contribution in [1.29, 1.82) is 0 Å². The molecule has 0 saturated heterocycles. The van der Waals surface area contributed by atoms with Gasteiger partial charge in [0.2, 0.25) is 0 Å². The summed E-state index contributed by atoms with van der Waals surface area (Å²) in [6.45, 7) is 6.34. The number of rotatable bonds is 6. The van der Waals surface area contributed by atoms with Gasteiger partial charge in [0.25, 0.3) is 0 Å². The van der Waals surface area contributed by atoms with Crippen LogP contribution in [0.1, 0.15) is 38.3 Å². The molecule has 1 saturated carbocycles. The van der Waals surface area contributed by atoms with E-state index in [4.69, 9.17) is 0 Å². The Hall–Kier alpha value is -1.22. The molecular weight excluding hydrogens is 224 g/mol. The zero-order valence-corrected chi connectivity index (χ0v) is 11.6. The van der Waals surface area contributed by atoms with Gasteiger partial charge < -0.3 is 15.3 Å². The zero-order chi connectivity index (χ0) is 13.1. The fourth-order valence-electron chi connectivity index (χ4n) is 2.28. The smallest absolute Gasteiger partial charge is 0.122 e. The Morgan fingerprint density at radius 3 is 2.67 bits per heavy atom. The average molecular weight is 248 g/mol. The van der Waals surface area contributed by atoms with E-state index in [9.17, 15) is 5.11 Å². The Morgan fingerprint density at radius 2 is 2.17 bits per heavy atom. The highest BCUT2D eigenvalue weighted by Crippen LogP contribution is 2.33. The largest absolute Gasteiger partial charge is 0.508 e. The molecule has 0 radical (unpaired) electrons. The fourth-order valence-corrected chi connectivity index (χ4v) is 2.28. The summed E-state index contributed by atoms with van der Waals surface area (Å²) in [6.07, 6.45) is 2.72. The van der Waals surface area contributed by atoms with E-state index in [0.29, 0.717) is 5.75 Å². The van der Waals surface area contributed by atoms with Crippen LogP contribution in [-0.4, -0.2) is 25.2 Å². The van der Waals surface area contributed by atoms with Crippen LogP contribution in [0.5, 0.6) is 5.75 Å². The van der Waals surface area contributed by atoms with Gasteiger partial charge in [-0.25, -0.2) is 0 Å². The maximum Gasteiger partial charge on any atom is 0.122 e. The van der Waals surface area contributed by atoms with Crippen molar-refractivity contribution in [3.05, 3.63) is 23.8 Å². The lowest BCUT2D eigenvalue weighted by molar-refractivity contribution is 0.457. The van der Waals surface area contributed by atoms with E-state index in [1.54, 1.807) is 0 Å². The topological polar surface area (TPSA) is 35.5 Å². The van der Waals surface area contributed by atoms with Crippen molar-refractivity contribution >= 4 is 5.69 Å². The Morgan fingerprint density at radius 1 is 1.44 bits per heavy atom. The van der Waals surface area contributed by atoms with E-state index < -0.39 is 0 Å². The minimum atomic E-state index is 0.178. The molecule has 18 heavy (non-hydrogen) atoms. The molecule has 1 aliphatic carbocycles. The van der Waals surface area contributed by atoms with Gasteiger partial charge in [0, 0.05) is 36.4 Å². The summed E-state index contributed by atoms with van der Waals surface area (Å²) in [5, 5.41) is 13.3. The Balaban J connectivity index is 2.15. The number of aromatic hydroxyl groups is 1. The first kappa shape index (κ1) is 13.2. The van der Waals surface area contributed by atoms with Gasteiger partial charge in [-0.2, -0.15) is 0 Å². The number of phenolic OH excluding ortho intramolecular Hbond substituents is 1. The number of hydrogen-bond donors (Lipinski definition) is 2. The predicted molar refractivity (Wildman–Crippen MR) is 76.2 cm³/mol. The van der Waals surface area contributed by atoms with Crippen molar-refractivity contribution in [2.45, 2.75) is 32.7 Å². The number of nitrogens with zero attached hydrogens (tertiary/aromatic N) is 1. The molecule has 100 valence electrons. The molecule has 0 spiro atoms. The van der Waals surface area contributed by atoms with Gasteiger partial charge >= 0.3 is 0 Å². The van der Waals surface area contributed by atoms with E-state index in [1.165, 1.54) is 12.8 Å². The first-order chi connectivity index (χ1) is 8.65. The highest BCUT2D eigenvalue weighted by Gasteiger charge is 2.24. The molecule has 1 aliphatic rings. The first-order valence-electron chi connectivity index (χ1n) is 6.90. The van der Waals surface area contributed by atoms with Gasteiger partial charge in [0.1, 0.15) is 5.75 Å². The summed E-state index contributed by atoms with van der Waals surface area (Å²) in [4.78, 5) is 2.35. The van der Waals surface area contributed by atoms with Crippen molar-refractivity contribution in [3.8, 4) is 5.75 Å². The van der Waals surface area contributed by atoms with Crippen molar-refractivity contribution < 1.29 is 5.11 Å². The summed E-state index contributed by atoms with van der Waals surface area (Å²) >= 11 is 0. The normalized spacial score (nSPS) is 16.6. The van der Waals surface area contributed by atoms with Crippen molar-refractivity contribution in [1.82, 2.24) is 5.32 Å². The van der Waals surface area contributed by atoms with E-state index in [0.717, 1.165) is 30.3 Å². The highest BCUT2D eigenvalue weighted by molar-refractivity contribution is 5.54. The van der Waals surface area contributed by atoms with Gasteiger partial charge in [-0.05, 0) is 45.7 Å². The average Bonchev–Trinajstić information content (AvgIpc) is 3.19. The maximum absolute atomic E-state index is 10.1. The van der Waals surface area contributed by atoms with Crippen molar-refractivity contribution in [3.63, 3.8) is 0 Å². The van der Waals surface area contributed by atoms with Crippen LogP contribution in [0.25, 0.3) is 0 Å². The molecule has 0 heterocycles. The Kier molecular flexibility index (Phi) is 4.12. The van der Waals surface area contributed by atoms with Crippen LogP contribution in [0.4, 0.5) is 5.69 Å². The molecule has 0 aliphatic heterocycles. The summed E-state index contributed by atoms with van der Waals surface area (Å²) < 4.78 is 0. The standard InChI is InChI=1S/C15H24N2O/c1-4-17(10-12-5-6-12)13-7-8-14(11(2)16-3)15(18)9-13/h7-9,11-12,16,18H,4-6,10H2,1-3H3. The van der Waals surface area contributed by atoms with Gasteiger partial charge in [0.15, 0.2) is 0 Å². The monoisotopic (exact) mass is 248 g/mol. The third-order valence-electron chi connectivity index (χ3n) is 3.84. The molecule has 2 N–H and O–H groups in total. The first-order valence-corrected chi connectivity index (χ1v) is 6.90. The predicted octanol–water partition coefficient (Wildman–Crippen LogP) is 2.91. The Bertz CT molecular complexity index is 401. The van der Waals surface area contributed by atoms with E-state index in [2.05, 4.69) is 30.1 Å². The molecule has 0 amide bonds. The maximum atomic E-state index is 10.1. The number of nitrogens with one attached hydrogen (secondary N) is 1. The highest BCUT2D eigenvalue weighted by atomic mass is 16.3. The van der Waals surface area contributed by atoms with Crippen LogP contribution in [0.2, 0.25) is 0 Å². The van der Waals surface area contributed by atoms with Crippen LogP contribution >= 0.6 is 0 Å². The van der Waals surface area contributed by atoms with Crippen LogP contribution in [0, 0.1) is 5.92 Å². The molecule has 1 atom stereocenters. The molecule has 3 nitrogen and oxygen atoms in total. The number of hydrogen-bond acceptors (Lipinski definition) is 3. The number of phenols is 1. The van der Waals surface area contributed by atoms with E-state index in [1.807, 2.05) is 19.2 Å². The summed E-state index contributed by atoms with van der Waals surface area (Å²) in [5.41, 5.74) is 2.10. The van der Waals surface area contributed by atoms with Gasteiger partial charge in [-0.1, -0.05) is 6.07 Å². The Labute approximate surface area is 110 Å². The summed E-state index contributed by atoms with van der Waals surface area (Å²) in [7, 11) is 1.91. The third kappa shape index (κ3) is 2.96. The number of anilines is 1. The second-order valence-corrected chi connectivity index (χ2v) is 5.24. The second kappa shape index (κ2) is 5.61. The molecular formula is C15H24N2O. The third-order valence-corrected chi connectivity index (χ3v) is 3.84. The van der Waals surface area contributed by atoms with Gasteiger partial charge in [-0.3, -0.25) is 0 Å². The molecule has 1 aromatic rings. The van der Waals surface area contributed by atoms with Crippen LogP contribution in [0.3, 0.4) is 0 Å². The molecule has 1 fully saturated rings. The molecule has 0 aromatic heterocycles. The van der Waals surface area contributed by atoms with E-state index >= 15 is 0 Å². The second-order valence-electron chi connectivity index (χ2n) is 5.24. The SMILES string of the molecule is CCN(CC1CC1)c1ccc(C(C)NC)c(O)c1. The van der Waals surface area contributed by atoms with Gasteiger partial charge in [0.05, 0.1) is 0 Å². The zero-order valence-electron chi connectivity index (χ0n) is 11.6. The van der Waals surface area contributed by atoms with Crippen molar-refractivity contribution in [2.75, 3.05) is 25.0 Å². The van der Waals surface area contributed by atoms with E-state index in [-0.39, 0.29) is 6.04 Å². The van der Waals surface area contributed by atoms with Crippen LogP contribution in [-0.2, 0) is 0 Å². The molecule has 1 aromatic carbocycles. The van der Waals surface area contributed by atoms with Crippen LogP contribution < -0.4 is 10.2 Å². The fraction of sp³-hybridized carbons (Fsp3) is 0.600. The molecule has 0 bridgehead atoms. The minimum absolute atomic E-state index is 0.178. The summed E-state index contributed by atoms with van der Waals surface area (Å²) in [6, 6.07) is 6.23. The number of benzene rings is 1. The van der Waals surface area contributed by atoms with Gasteiger partial charge in [-0.15, -0.1) is 0 Å².